The maximum Gasteiger partial charge on any atom is 0.268 e. The van der Waals surface area contributed by atoms with Gasteiger partial charge in [-0.3, -0.25) is 14.5 Å². The number of aromatic nitrogens is 1. The number of amides is 2. The molecular weight excluding hydrogens is 428 g/mol. The van der Waals surface area contributed by atoms with Crippen LogP contribution in [0.5, 0.6) is 0 Å². The summed E-state index contributed by atoms with van der Waals surface area (Å²) in [7, 11) is 2.01. The molecule has 1 aliphatic heterocycles. The summed E-state index contributed by atoms with van der Waals surface area (Å²) in [5.74, 6) is 0.852. The summed E-state index contributed by atoms with van der Waals surface area (Å²) in [4.78, 5) is 29.3. The molecule has 2 amide bonds. The smallest absolute Gasteiger partial charge is 0.268 e. The molecule has 0 fully saturated rings. The Bertz CT molecular complexity index is 1280. The third kappa shape index (κ3) is 3.64. The number of rotatable bonds is 7. The first-order chi connectivity index (χ1) is 15.1. The highest BCUT2D eigenvalue weighted by Gasteiger charge is 2.39. The van der Waals surface area contributed by atoms with Gasteiger partial charge in [-0.15, -0.1) is 23.1 Å². The highest BCUT2D eigenvalue weighted by Crippen LogP contribution is 2.39. The summed E-state index contributed by atoms with van der Waals surface area (Å²) in [6.45, 7) is 0.353. The van der Waals surface area contributed by atoms with Gasteiger partial charge in [0.15, 0.2) is 0 Å². The molecule has 0 atom stereocenters. The SMILES string of the molecule is Cn1cc(CCN2C(=O)C(SCc3ccco3)=C(c3cccs3)C2=O)c2ccccc21. The van der Waals surface area contributed by atoms with Gasteiger partial charge < -0.3 is 8.98 Å². The molecule has 0 bridgehead atoms. The molecule has 1 aromatic carbocycles. The minimum absolute atomic E-state index is 0.213. The zero-order chi connectivity index (χ0) is 21.4. The molecule has 156 valence electrons. The van der Waals surface area contributed by atoms with Gasteiger partial charge in [0.1, 0.15) is 5.76 Å². The number of hydrogen-bond donors (Lipinski definition) is 0. The maximum absolute atomic E-state index is 13.3. The number of nitrogens with zero attached hydrogens (tertiary/aromatic N) is 2. The van der Waals surface area contributed by atoms with Crippen molar-refractivity contribution in [3.05, 3.63) is 87.5 Å². The van der Waals surface area contributed by atoms with Gasteiger partial charge in [0.05, 0.1) is 22.5 Å². The second-order valence-electron chi connectivity index (χ2n) is 7.34. The van der Waals surface area contributed by atoms with Crippen LogP contribution < -0.4 is 0 Å². The van der Waals surface area contributed by atoms with Crippen LogP contribution in [0.3, 0.4) is 0 Å². The lowest BCUT2D eigenvalue weighted by atomic mass is 10.1. The van der Waals surface area contributed by atoms with Crippen molar-refractivity contribution in [3.63, 3.8) is 0 Å². The highest BCUT2D eigenvalue weighted by molar-refractivity contribution is 8.03. The number of hydrogen-bond acceptors (Lipinski definition) is 5. The van der Waals surface area contributed by atoms with Crippen molar-refractivity contribution < 1.29 is 14.0 Å². The average molecular weight is 449 g/mol. The summed E-state index contributed by atoms with van der Waals surface area (Å²) < 4.78 is 7.49. The number of imide groups is 1. The third-order valence-electron chi connectivity index (χ3n) is 5.42. The number of fused-ring (bicyclic) bond motifs is 1. The van der Waals surface area contributed by atoms with E-state index in [0.29, 0.717) is 29.2 Å². The van der Waals surface area contributed by atoms with Gasteiger partial charge in [-0.1, -0.05) is 24.3 Å². The Hall–Kier alpha value is -3.03. The highest BCUT2D eigenvalue weighted by atomic mass is 32.2. The number of benzene rings is 1. The number of thioether (sulfide) groups is 1. The van der Waals surface area contributed by atoms with Crippen LogP contribution >= 0.6 is 23.1 Å². The monoisotopic (exact) mass is 448 g/mol. The van der Waals surface area contributed by atoms with Gasteiger partial charge >= 0.3 is 0 Å². The lowest BCUT2D eigenvalue weighted by Crippen LogP contribution is -2.33. The number of carbonyl (C=O) groups excluding carboxylic acids is 2. The van der Waals surface area contributed by atoms with Gasteiger partial charge in [0.25, 0.3) is 11.8 Å². The van der Waals surface area contributed by atoms with Gasteiger partial charge in [0.2, 0.25) is 0 Å². The molecule has 7 heteroatoms. The van der Waals surface area contributed by atoms with Crippen LogP contribution in [-0.2, 0) is 28.8 Å². The van der Waals surface area contributed by atoms with E-state index in [4.69, 9.17) is 4.42 Å². The molecule has 0 saturated carbocycles. The van der Waals surface area contributed by atoms with Gasteiger partial charge in [-0.25, -0.2) is 0 Å². The normalized spacial score (nSPS) is 14.4. The number of para-hydroxylation sites is 1. The molecule has 3 aromatic heterocycles. The molecule has 0 unspecified atom stereocenters. The number of furan rings is 1. The number of carbonyl (C=O) groups is 2. The fraction of sp³-hybridized carbons (Fsp3) is 0.167. The Morgan fingerprint density at radius 3 is 2.68 bits per heavy atom. The largest absolute Gasteiger partial charge is 0.468 e. The summed E-state index contributed by atoms with van der Waals surface area (Å²) in [5.41, 5.74) is 2.78. The Kier molecular flexibility index (Phi) is 5.29. The molecule has 1 aliphatic rings. The van der Waals surface area contributed by atoms with Gasteiger partial charge in [-0.05, 0) is 41.6 Å². The predicted octanol–water partition coefficient (Wildman–Crippen LogP) is 5.09. The Morgan fingerprint density at radius 1 is 1.03 bits per heavy atom. The van der Waals surface area contributed by atoms with Crippen LogP contribution in [-0.4, -0.2) is 27.8 Å². The van der Waals surface area contributed by atoms with Crippen LogP contribution in [0.4, 0.5) is 0 Å². The van der Waals surface area contributed by atoms with E-state index in [9.17, 15) is 9.59 Å². The third-order valence-corrected chi connectivity index (χ3v) is 7.40. The predicted molar refractivity (Wildman–Crippen MR) is 125 cm³/mol. The van der Waals surface area contributed by atoms with Crippen LogP contribution in [0.2, 0.25) is 0 Å². The molecule has 31 heavy (non-hydrogen) atoms. The topological polar surface area (TPSA) is 55.5 Å². The molecule has 0 N–H and O–H groups in total. The second-order valence-corrected chi connectivity index (χ2v) is 9.28. The quantitative estimate of drug-likeness (QED) is 0.370. The fourth-order valence-corrected chi connectivity index (χ4v) is 5.78. The van der Waals surface area contributed by atoms with Crippen LogP contribution in [0.25, 0.3) is 16.5 Å². The van der Waals surface area contributed by atoms with Crippen molar-refractivity contribution in [3.8, 4) is 0 Å². The van der Waals surface area contributed by atoms with Crippen molar-refractivity contribution in [1.29, 1.82) is 0 Å². The zero-order valence-corrected chi connectivity index (χ0v) is 18.5. The van der Waals surface area contributed by atoms with Crippen LogP contribution in [0, 0.1) is 0 Å². The lowest BCUT2D eigenvalue weighted by Gasteiger charge is -2.14. The summed E-state index contributed by atoms with van der Waals surface area (Å²) in [6, 6.07) is 15.7. The summed E-state index contributed by atoms with van der Waals surface area (Å²) in [5, 5.41) is 3.08. The van der Waals surface area contributed by atoms with E-state index in [2.05, 4.69) is 22.9 Å². The summed E-state index contributed by atoms with van der Waals surface area (Å²) >= 11 is 2.85. The molecule has 5 nitrogen and oxygen atoms in total. The molecule has 0 aliphatic carbocycles. The molecule has 0 spiro atoms. The van der Waals surface area contributed by atoms with Crippen molar-refractivity contribution in [2.75, 3.05) is 6.54 Å². The summed E-state index contributed by atoms with van der Waals surface area (Å²) in [6.07, 6.45) is 4.31. The lowest BCUT2D eigenvalue weighted by molar-refractivity contribution is -0.136. The molecule has 0 saturated heterocycles. The van der Waals surface area contributed by atoms with E-state index in [1.807, 2.05) is 48.8 Å². The minimum Gasteiger partial charge on any atom is -0.468 e. The fourth-order valence-electron chi connectivity index (χ4n) is 3.92. The van der Waals surface area contributed by atoms with Crippen molar-refractivity contribution in [1.82, 2.24) is 9.47 Å². The standard InChI is InChI=1S/C24H20N2O3S2/c1-25-14-16(18-7-2-3-8-19(18)25)10-11-26-23(27)21(20-9-5-13-30-20)22(24(26)28)31-15-17-6-4-12-29-17/h2-9,12-14H,10-11,15H2,1H3. The molecule has 4 aromatic rings. The number of aryl methyl sites for hydroxylation is 1. The average Bonchev–Trinajstić information content (AvgIpc) is 3.56. The van der Waals surface area contributed by atoms with E-state index in [-0.39, 0.29) is 11.8 Å². The first kappa shape index (κ1) is 19.9. The minimum atomic E-state index is -0.217. The van der Waals surface area contributed by atoms with Crippen LogP contribution in [0.15, 0.2) is 75.7 Å². The zero-order valence-electron chi connectivity index (χ0n) is 16.9. The molecular formula is C24H20N2O3S2. The van der Waals surface area contributed by atoms with E-state index in [1.54, 1.807) is 6.26 Å². The van der Waals surface area contributed by atoms with E-state index in [1.165, 1.54) is 28.0 Å². The first-order valence-corrected chi connectivity index (χ1v) is 11.8. The van der Waals surface area contributed by atoms with Crippen molar-refractivity contribution >= 4 is 51.4 Å². The Balaban J connectivity index is 1.40. The van der Waals surface area contributed by atoms with Gasteiger partial charge in [0, 0.05) is 35.6 Å². The molecule has 5 rings (SSSR count). The molecule has 4 heterocycles. The van der Waals surface area contributed by atoms with E-state index < -0.39 is 0 Å². The Labute approximate surface area is 188 Å². The second kappa shape index (κ2) is 8.24. The van der Waals surface area contributed by atoms with E-state index in [0.717, 1.165) is 27.1 Å². The number of thiophene rings is 1. The Morgan fingerprint density at radius 2 is 1.90 bits per heavy atom. The van der Waals surface area contributed by atoms with Crippen molar-refractivity contribution in [2.45, 2.75) is 12.2 Å². The maximum atomic E-state index is 13.3. The van der Waals surface area contributed by atoms with E-state index >= 15 is 0 Å². The van der Waals surface area contributed by atoms with Crippen molar-refractivity contribution in [2.24, 2.45) is 7.05 Å². The molecule has 0 radical (unpaired) electrons. The first-order valence-electron chi connectivity index (χ1n) is 9.96. The van der Waals surface area contributed by atoms with Crippen LogP contribution in [0.1, 0.15) is 16.2 Å². The van der Waals surface area contributed by atoms with Gasteiger partial charge in [-0.2, -0.15) is 0 Å².